The van der Waals surface area contributed by atoms with E-state index in [0.29, 0.717) is 5.02 Å². The van der Waals surface area contributed by atoms with Gasteiger partial charge in [-0.25, -0.2) is 0 Å². The molecule has 23 heavy (non-hydrogen) atoms. The lowest BCUT2D eigenvalue weighted by atomic mass is 10.1. The number of hydrogen-bond donors (Lipinski definition) is 1. The molecule has 0 aliphatic heterocycles. The summed E-state index contributed by atoms with van der Waals surface area (Å²) in [7, 11) is 6.07. The molecule has 2 aromatic heterocycles. The van der Waals surface area contributed by atoms with E-state index in [2.05, 4.69) is 34.4 Å². The second kappa shape index (κ2) is 6.56. The highest BCUT2D eigenvalue weighted by molar-refractivity contribution is 6.31. The highest BCUT2D eigenvalue weighted by Gasteiger charge is 2.16. The van der Waals surface area contributed by atoms with Crippen LogP contribution in [-0.2, 0) is 7.05 Å². The summed E-state index contributed by atoms with van der Waals surface area (Å²) in [5, 5.41) is 9.54. The number of aryl methyl sites for hydroxylation is 1. The minimum absolute atomic E-state index is 0.228. The van der Waals surface area contributed by atoms with E-state index < -0.39 is 0 Å². The van der Waals surface area contributed by atoms with Crippen LogP contribution in [0.5, 0.6) is 0 Å². The van der Waals surface area contributed by atoms with Gasteiger partial charge in [-0.1, -0.05) is 11.6 Å². The molecule has 120 valence electrons. The number of hydrogen-bond acceptors (Lipinski definition) is 4. The average Bonchev–Trinajstić information content (AvgIpc) is 2.93. The second-order valence-corrected chi connectivity index (χ2v) is 6.26. The van der Waals surface area contributed by atoms with E-state index in [1.165, 1.54) is 5.56 Å². The Kier molecular flexibility index (Phi) is 4.50. The third-order valence-electron chi connectivity index (χ3n) is 3.92. The maximum atomic E-state index is 6.13. The van der Waals surface area contributed by atoms with Crippen LogP contribution < -0.4 is 5.32 Å². The van der Waals surface area contributed by atoms with Gasteiger partial charge in [0.15, 0.2) is 0 Å². The van der Waals surface area contributed by atoms with E-state index in [9.17, 15) is 0 Å². The molecule has 0 radical (unpaired) electrons. The summed E-state index contributed by atoms with van der Waals surface area (Å²) in [5.41, 5.74) is 3.15. The summed E-state index contributed by atoms with van der Waals surface area (Å²) in [4.78, 5) is 6.57. The molecule has 0 spiro atoms. The van der Waals surface area contributed by atoms with Crippen molar-refractivity contribution in [2.75, 3.05) is 26.0 Å². The molecular weight excluding hydrogens is 310 g/mol. The smallest absolute Gasteiger partial charge is 0.0723 e. The van der Waals surface area contributed by atoms with Crippen molar-refractivity contribution >= 4 is 28.2 Å². The van der Waals surface area contributed by atoms with E-state index in [1.807, 2.05) is 54.6 Å². The molecule has 3 aromatic rings. The summed E-state index contributed by atoms with van der Waals surface area (Å²) >= 11 is 6.13. The Morgan fingerprint density at radius 3 is 2.83 bits per heavy atom. The zero-order valence-corrected chi connectivity index (χ0v) is 14.2. The lowest BCUT2D eigenvalue weighted by Crippen LogP contribution is -2.26. The van der Waals surface area contributed by atoms with E-state index in [1.54, 1.807) is 0 Å². The fourth-order valence-electron chi connectivity index (χ4n) is 2.69. The van der Waals surface area contributed by atoms with E-state index in [4.69, 9.17) is 11.6 Å². The SMILES string of the molecule is CN(C)C(CNc1ccnc2ccc(Cl)cc12)c1cnn(C)c1. The number of rotatable bonds is 5. The standard InChI is InChI=1S/C17H20ClN5/c1-22(2)17(12-9-21-23(3)11-12)10-20-16-6-7-19-15-5-4-13(18)8-14(15)16/h4-9,11,17H,10H2,1-3H3,(H,19,20). The highest BCUT2D eigenvalue weighted by atomic mass is 35.5. The second-order valence-electron chi connectivity index (χ2n) is 5.83. The molecule has 1 atom stereocenters. The maximum absolute atomic E-state index is 6.13. The molecule has 0 aliphatic rings. The predicted molar refractivity (Wildman–Crippen MR) is 94.9 cm³/mol. The van der Waals surface area contributed by atoms with Gasteiger partial charge in [0.1, 0.15) is 0 Å². The molecule has 1 aromatic carbocycles. The average molecular weight is 330 g/mol. The van der Waals surface area contributed by atoms with Gasteiger partial charge in [0, 0.05) is 47.6 Å². The van der Waals surface area contributed by atoms with Gasteiger partial charge in [-0.3, -0.25) is 9.67 Å². The molecule has 1 N–H and O–H groups in total. The quantitative estimate of drug-likeness (QED) is 0.780. The van der Waals surface area contributed by atoms with Crippen LogP contribution in [-0.4, -0.2) is 40.3 Å². The van der Waals surface area contributed by atoms with Gasteiger partial charge in [-0.2, -0.15) is 5.10 Å². The predicted octanol–water partition coefficient (Wildman–Crippen LogP) is 3.34. The summed E-state index contributed by atoms with van der Waals surface area (Å²) < 4.78 is 1.83. The topological polar surface area (TPSA) is 46.0 Å². The van der Waals surface area contributed by atoms with Crippen LogP contribution in [0.1, 0.15) is 11.6 Å². The first-order valence-corrected chi connectivity index (χ1v) is 7.85. The van der Waals surface area contributed by atoms with Gasteiger partial charge < -0.3 is 10.2 Å². The van der Waals surface area contributed by atoms with Crippen molar-refractivity contribution in [3.8, 4) is 0 Å². The molecule has 0 bridgehead atoms. The number of nitrogens with one attached hydrogen (secondary N) is 1. The van der Waals surface area contributed by atoms with Crippen molar-refractivity contribution in [1.29, 1.82) is 0 Å². The van der Waals surface area contributed by atoms with E-state index in [0.717, 1.165) is 23.1 Å². The van der Waals surface area contributed by atoms with E-state index >= 15 is 0 Å². The normalized spacial score (nSPS) is 12.7. The van der Waals surface area contributed by atoms with Gasteiger partial charge >= 0.3 is 0 Å². The van der Waals surface area contributed by atoms with Crippen molar-refractivity contribution < 1.29 is 0 Å². The molecule has 0 amide bonds. The van der Waals surface area contributed by atoms with Crippen LogP contribution in [0, 0.1) is 0 Å². The minimum Gasteiger partial charge on any atom is -0.383 e. The summed E-state index contributed by atoms with van der Waals surface area (Å²) in [6.45, 7) is 0.768. The van der Waals surface area contributed by atoms with Gasteiger partial charge in [0.2, 0.25) is 0 Å². The molecule has 5 nitrogen and oxygen atoms in total. The first-order chi connectivity index (χ1) is 11.0. The Bertz CT molecular complexity index is 812. The molecular formula is C17H20ClN5. The fourth-order valence-corrected chi connectivity index (χ4v) is 2.86. The number of anilines is 1. The van der Waals surface area contributed by atoms with Gasteiger partial charge in [0.05, 0.1) is 17.8 Å². The molecule has 3 rings (SSSR count). The van der Waals surface area contributed by atoms with Crippen molar-refractivity contribution in [3.63, 3.8) is 0 Å². The first-order valence-electron chi connectivity index (χ1n) is 7.47. The molecule has 2 heterocycles. The monoisotopic (exact) mass is 329 g/mol. The Balaban J connectivity index is 1.85. The van der Waals surface area contributed by atoms with Crippen LogP contribution in [0.4, 0.5) is 5.69 Å². The van der Waals surface area contributed by atoms with Crippen LogP contribution >= 0.6 is 11.6 Å². The molecule has 6 heteroatoms. The van der Waals surface area contributed by atoms with Gasteiger partial charge in [-0.15, -0.1) is 0 Å². The number of fused-ring (bicyclic) bond motifs is 1. The highest BCUT2D eigenvalue weighted by Crippen LogP contribution is 2.26. The third kappa shape index (κ3) is 3.46. The summed E-state index contributed by atoms with van der Waals surface area (Å²) in [5.74, 6) is 0. The lowest BCUT2D eigenvalue weighted by molar-refractivity contribution is 0.312. The molecule has 1 unspecified atom stereocenters. The van der Waals surface area contributed by atoms with Crippen molar-refractivity contribution in [3.05, 3.63) is 53.4 Å². The number of halogens is 1. The number of aromatic nitrogens is 3. The van der Waals surface area contributed by atoms with Gasteiger partial charge in [-0.05, 0) is 38.4 Å². The Labute approximate surface area is 140 Å². The van der Waals surface area contributed by atoms with Crippen molar-refractivity contribution in [1.82, 2.24) is 19.7 Å². The van der Waals surface area contributed by atoms with Crippen molar-refractivity contribution in [2.24, 2.45) is 7.05 Å². The zero-order chi connectivity index (χ0) is 16.4. The lowest BCUT2D eigenvalue weighted by Gasteiger charge is -2.24. The summed E-state index contributed by atoms with van der Waals surface area (Å²) in [6, 6.07) is 7.95. The van der Waals surface area contributed by atoms with Crippen LogP contribution in [0.15, 0.2) is 42.9 Å². The number of pyridine rings is 1. The summed E-state index contributed by atoms with van der Waals surface area (Å²) in [6.07, 6.45) is 5.77. The van der Waals surface area contributed by atoms with Crippen LogP contribution in [0.3, 0.4) is 0 Å². The van der Waals surface area contributed by atoms with Crippen LogP contribution in [0.2, 0.25) is 5.02 Å². The number of nitrogens with zero attached hydrogens (tertiary/aromatic N) is 4. The minimum atomic E-state index is 0.228. The first kappa shape index (κ1) is 15.8. The molecule has 0 aliphatic carbocycles. The number of likely N-dealkylation sites (N-methyl/N-ethyl adjacent to an activating group) is 1. The van der Waals surface area contributed by atoms with Crippen LogP contribution in [0.25, 0.3) is 10.9 Å². The molecule has 0 saturated carbocycles. The zero-order valence-electron chi connectivity index (χ0n) is 13.5. The largest absolute Gasteiger partial charge is 0.383 e. The Morgan fingerprint density at radius 2 is 2.13 bits per heavy atom. The maximum Gasteiger partial charge on any atom is 0.0723 e. The third-order valence-corrected chi connectivity index (χ3v) is 4.16. The van der Waals surface area contributed by atoms with Gasteiger partial charge in [0.25, 0.3) is 0 Å². The van der Waals surface area contributed by atoms with E-state index in [-0.39, 0.29) is 6.04 Å². The fraction of sp³-hybridized carbons (Fsp3) is 0.294. The number of benzene rings is 1. The Hall–Kier alpha value is -2.11. The molecule has 0 saturated heterocycles. The van der Waals surface area contributed by atoms with Crippen molar-refractivity contribution in [2.45, 2.75) is 6.04 Å². The Morgan fingerprint density at radius 1 is 1.30 bits per heavy atom. The molecule has 0 fully saturated rings.